The maximum Gasteiger partial charge on any atom is 0.277 e. The number of hydrogen-bond acceptors (Lipinski definition) is 4. The van der Waals surface area contributed by atoms with Crippen LogP contribution >= 0.6 is 0 Å². The van der Waals surface area contributed by atoms with Gasteiger partial charge in [0.2, 0.25) is 5.91 Å². The van der Waals surface area contributed by atoms with E-state index in [-0.39, 0.29) is 24.4 Å². The fourth-order valence-corrected chi connectivity index (χ4v) is 3.84. The Morgan fingerprint density at radius 1 is 1.25 bits per heavy atom. The van der Waals surface area contributed by atoms with Gasteiger partial charge < -0.3 is 5.32 Å². The Bertz CT molecular complexity index is 857. The van der Waals surface area contributed by atoms with Gasteiger partial charge in [-0.25, -0.2) is 4.68 Å². The van der Waals surface area contributed by atoms with Crippen LogP contribution in [0.2, 0.25) is 0 Å². The molecule has 1 N–H and O–H groups in total. The Morgan fingerprint density at radius 3 is 2.92 bits per heavy atom. The number of fused-ring (bicyclic) bond motifs is 3. The number of hydrogen-bond donors (Lipinski definition) is 1. The van der Waals surface area contributed by atoms with E-state index in [2.05, 4.69) is 27.8 Å². The standard InChI is InChI=1S/C18H20N4O2/c23-17(19-11-14-10-12-5-6-13(14)9-12)7-8-22-18(24)15-3-1-2-4-16(15)20-21-22/h1-6,12-14H,7-11H2,(H,19,23)/t12-,13+,14+/m1/s1. The highest BCUT2D eigenvalue weighted by Crippen LogP contribution is 2.42. The number of rotatable bonds is 5. The van der Waals surface area contributed by atoms with Crippen molar-refractivity contribution in [2.24, 2.45) is 17.8 Å². The SMILES string of the molecule is O=C(CCn1nnc2ccccc2c1=O)NC[C@@H]1C[C@@H]2C=C[C@H]1C2. The van der Waals surface area contributed by atoms with Crippen molar-refractivity contribution in [3.05, 3.63) is 46.8 Å². The summed E-state index contributed by atoms with van der Waals surface area (Å²) < 4.78 is 1.27. The van der Waals surface area contributed by atoms with Crippen molar-refractivity contribution in [1.82, 2.24) is 20.3 Å². The molecule has 1 saturated carbocycles. The predicted molar refractivity (Wildman–Crippen MR) is 90.3 cm³/mol. The molecule has 24 heavy (non-hydrogen) atoms. The molecular weight excluding hydrogens is 304 g/mol. The van der Waals surface area contributed by atoms with E-state index in [1.54, 1.807) is 18.2 Å². The van der Waals surface area contributed by atoms with Crippen molar-refractivity contribution in [2.75, 3.05) is 6.54 Å². The molecule has 2 bridgehead atoms. The zero-order valence-corrected chi connectivity index (χ0v) is 13.4. The topological polar surface area (TPSA) is 76.9 Å². The van der Waals surface area contributed by atoms with Gasteiger partial charge in [0.25, 0.3) is 5.56 Å². The summed E-state index contributed by atoms with van der Waals surface area (Å²) in [7, 11) is 0. The summed E-state index contributed by atoms with van der Waals surface area (Å²) in [5.74, 6) is 1.86. The quantitative estimate of drug-likeness (QED) is 0.846. The van der Waals surface area contributed by atoms with Crippen molar-refractivity contribution < 1.29 is 4.79 Å². The molecule has 2 aromatic rings. The summed E-state index contributed by atoms with van der Waals surface area (Å²) in [5, 5.41) is 11.5. The van der Waals surface area contributed by atoms with Crippen molar-refractivity contribution in [2.45, 2.75) is 25.8 Å². The van der Waals surface area contributed by atoms with Crippen LogP contribution in [0.1, 0.15) is 19.3 Å². The Labute approximate surface area is 139 Å². The molecule has 0 aliphatic heterocycles. The third-order valence-corrected chi connectivity index (χ3v) is 5.16. The molecule has 0 unspecified atom stereocenters. The molecule has 1 amide bonds. The third kappa shape index (κ3) is 2.84. The zero-order chi connectivity index (χ0) is 16.5. The van der Waals surface area contributed by atoms with Gasteiger partial charge in [0.1, 0.15) is 5.52 Å². The van der Waals surface area contributed by atoms with Gasteiger partial charge in [0, 0.05) is 13.0 Å². The average Bonchev–Trinajstić information content (AvgIpc) is 3.22. The number of aryl methyl sites for hydroxylation is 1. The van der Waals surface area contributed by atoms with Gasteiger partial charge in [-0.15, -0.1) is 5.10 Å². The molecule has 3 atom stereocenters. The van der Waals surface area contributed by atoms with Crippen LogP contribution in [-0.2, 0) is 11.3 Å². The Morgan fingerprint density at radius 2 is 2.12 bits per heavy atom. The monoisotopic (exact) mass is 324 g/mol. The molecule has 2 aliphatic carbocycles. The van der Waals surface area contributed by atoms with Gasteiger partial charge >= 0.3 is 0 Å². The highest BCUT2D eigenvalue weighted by Gasteiger charge is 2.35. The summed E-state index contributed by atoms with van der Waals surface area (Å²) in [6.07, 6.45) is 7.24. The molecule has 0 radical (unpaired) electrons. The summed E-state index contributed by atoms with van der Waals surface area (Å²) >= 11 is 0. The van der Waals surface area contributed by atoms with E-state index in [9.17, 15) is 9.59 Å². The minimum absolute atomic E-state index is 0.0383. The van der Waals surface area contributed by atoms with Crippen LogP contribution < -0.4 is 10.9 Å². The van der Waals surface area contributed by atoms with E-state index < -0.39 is 0 Å². The maximum absolute atomic E-state index is 12.3. The average molecular weight is 324 g/mol. The second-order valence-electron chi connectivity index (χ2n) is 6.73. The molecule has 4 rings (SSSR count). The second kappa shape index (κ2) is 6.19. The van der Waals surface area contributed by atoms with Crippen LogP contribution in [0.15, 0.2) is 41.2 Å². The number of aromatic nitrogens is 3. The Hall–Kier alpha value is -2.50. The van der Waals surface area contributed by atoms with E-state index in [4.69, 9.17) is 0 Å². The Kier molecular flexibility index (Phi) is 3.88. The maximum atomic E-state index is 12.3. The van der Waals surface area contributed by atoms with E-state index in [1.807, 2.05) is 6.07 Å². The number of nitrogens with zero attached hydrogens (tertiary/aromatic N) is 3. The predicted octanol–water partition coefficient (Wildman–Crippen LogP) is 1.51. The van der Waals surface area contributed by atoms with Gasteiger partial charge in [0.05, 0.1) is 11.9 Å². The molecule has 2 aliphatic rings. The molecule has 1 fully saturated rings. The minimum Gasteiger partial charge on any atom is -0.356 e. The van der Waals surface area contributed by atoms with Gasteiger partial charge in [-0.3, -0.25) is 9.59 Å². The van der Waals surface area contributed by atoms with Crippen LogP contribution in [0, 0.1) is 17.8 Å². The fourth-order valence-electron chi connectivity index (χ4n) is 3.84. The summed E-state index contributed by atoms with van der Waals surface area (Å²) in [4.78, 5) is 24.4. The minimum atomic E-state index is -0.202. The highest BCUT2D eigenvalue weighted by atomic mass is 16.2. The van der Waals surface area contributed by atoms with E-state index >= 15 is 0 Å². The van der Waals surface area contributed by atoms with Crippen LogP contribution in [0.25, 0.3) is 10.9 Å². The van der Waals surface area contributed by atoms with Gasteiger partial charge in [0.15, 0.2) is 0 Å². The van der Waals surface area contributed by atoms with Crippen LogP contribution in [0.5, 0.6) is 0 Å². The van der Waals surface area contributed by atoms with Crippen molar-refractivity contribution in [1.29, 1.82) is 0 Å². The Balaban J connectivity index is 1.33. The number of carbonyl (C=O) groups is 1. The second-order valence-corrected chi connectivity index (χ2v) is 6.73. The molecule has 0 spiro atoms. The number of allylic oxidation sites excluding steroid dienone is 2. The lowest BCUT2D eigenvalue weighted by atomic mass is 9.93. The first-order chi connectivity index (χ1) is 11.7. The van der Waals surface area contributed by atoms with Crippen molar-refractivity contribution >= 4 is 16.8 Å². The molecule has 1 heterocycles. The number of carbonyl (C=O) groups excluding carboxylic acids is 1. The number of amides is 1. The molecule has 1 aromatic carbocycles. The van der Waals surface area contributed by atoms with Crippen molar-refractivity contribution in [3.8, 4) is 0 Å². The summed E-state index contributed by atoms with van der Waals surface area (Å²) in [6.45, 7) is 0.974. The van der Waals surface area contributed by atoms with E-state index in [0.717, 1.165) is 6.54 Å². The van der Waals surface area contributed by atoms with E-state index in [1.165, 1.54) is 17.5 Å². The molecule has 1 aromatic heterocycles. The van der Waals surface area contributed by atoms with Crippen LogP contribution in [-0.4, -0.2) is 27.4 Å². The third-order valence-electron chi connectivity index (χ3n) is 5.16. The summed E-state index contributed by atoms with van der Waals surface area (Å²) in [5.41, 5.74) is 0.374. The largest absolute Gasteiger partial charge is 0.356 e. The first-order valence-corrected chi connectivity index (χ1v) is 8.48. The van der Waals surface area contributed by atoms with Crippen molar-refractivity contribution in [3.63, 3.8) is 0 Å². The fraction of sp³-hybridized carbons (Fsp3) is 0.444. The lowest BCUT2D eigenvalue weighted by Crippen LogP contribution is -2.33. The first kappa shape index (κ1) is 15.1. The van der Waals surface area contributed by atoms with Gasteiger partial charge in [-0.2, -0.15) is 0 Å². The molecule has 124 valence electrons. The molecule has 6 nitrogen and oxygen atoms in total. The number of nitrogens with one attached hydrogen (secondary N) is 1. The highest BCUT2D eigenvalue weighted by molar-refractivity contribution is 5.77. The summed E-state index contributed by atoms with van der Waals surface area (Å²) in [6, 6.07) is 7.10. The van der Waals surface area contributed by atoms with Crippen LogP contribution in [0.4, 0.5) is 0 Å². The first-order valence-electron chi connectivity index (χ1n) is 8.48. The van der Waals surface area contributed by atoms with Gasteiger partial charge in [-0.05, 0) is 42.7 Å². The van der Waals surface area contributed by atoms with E-state index in [0.29, 0.717) is 28.7 Å². The lowest BCUT2D eigenvalue weighted by molar-refractivity contribution is -0.121. The molecule has 6 heteroatoms. The number of benzene rings is 1. The zero-order valence-electron chi connectivity index (χ0n) is 13.4. The van der Waals surface area contributed by atoms with Crippen LogP contribution in [0.3, 0.4) is 0 Å². The molecular formula is C18H20N4O2. The lowest BCUT2D eigenvalue weighted by Gasteiger charge is -2.18. The molecule has 0 saturated heterocycles. The normalized spacial score (nSPS) is 24.6. The smallest absolute Gasteiger partial charge is 0.277 e. The van der Waals surface area contributed by atoms with Gasteiger partial charge in [-0.1, -0.05) is 29.5 Å².